The van der Waals surface area contributed by atoms with E-state index in [-0.39, 0.29) is 17.6 Å². The van der Waals surface area contributed by atoms with E-state index >= 15 is 0 Å². The first-order valence-electron chi connectivity index (χ1n) is 6.48. The highest BCUT2D eigenvalue weighted by molar-refractivity contribution is 5.95. The van der Waals surface area contributed by atoms with Crippen LogP contribution >= 0.6 is 0 Å². The highest BCUT2D eigenvalue weighted by Gasteiger charge is 2.43. The molecule has 2 heterocycles. The van der Waals surface area contributed by atoms with Crippen LogP contribution < -0.4 is 10.2 Å². The van der Waals surface area contributed by atoms with Crippen LogP contribution in [-0.2, 0) is 4.79 Å². The van der Waals surface area contributed by atoms with Crippen molar-refractivity contribution in [2.75, 3.05) is 11.9 Å². The zero-order valence-electron chi connectivity index (χ0n) is 10.5. The quantitative estimate of drug-likeness (QED) is 0.831. The van der Waals surface area contributed by atoms with Gasteiger partial charge in [-0.3, -0.25) is 4.79 Å². The number of nitrogens with zero attached hydrogens (tertiary/aromatic N) is 1. The number of anilines is 1. The molecule has 2 saturated heterocycles. The van der Waals surface area contributed by atoms with Gasteiger partial charge in [-0.05, 0) is 31.4 Å². The van der Waals surface area contributed by atoms with Crippen molar-refractivity contribution in [2.45, 2.75) is 31.3 Å². The minimum Gasteiger partial charge on any atom is -0.508 e. The number of phenols is 1. The molecule has 4 nitrogen and oxygen atoms in total. The van der Waals surface area contributed by atoms with E-state index in [1.165, 1.54) is 6.42 Å². The first kappa shape index (κ1) is 11.5. The third kappa shape index (κ3) is 1.86. The summed E-state index contributed by atoms with van der Waals surface area (Å²) >= 11 is 0. The van der Waals surface area contributed by atoms with Gasteiger partial charge in [-0.1, -0.05) is 6.07 Å². The smallest absolute Gasteiger partial charge is 0.231 e. The molecule has 2 fully saturated rings. The lowest BCUT2D eigenvalue weighted by atomic mass is 9.88. The summed E-state index contributed by atoms with van der Waals surface area (Å²) in [4.78, 5) is 14.1. The molecule has 2 bridgehead atoms. The Labute approximate surface area is 107 Å². The molecule has 0 aliphatic carbocycles. The van der Waals surface area contributed by atoms with E-state index in [0.717, 1.165) is 18.5 Å². The maximum atomic E-state index is 12.5. The molecule has 0 aromatic heterocycles. The van der Waals surface area contributed by atoms with Gasteiger partial charge in [0.2, 0.25) is 5.91 Å². The molecule has 18 heavy (non-hydrogen) atoms. The highest BCUT2D eigenvalue weighted by atomic mass is 16.3. The van der Waals surface area contributed by atoms with Crippen molar-refractivity contribution in [3.05, 3.63) is 24.3 Å². The third-order valence-electron chi connectivity index (χ3n) is 4.16. The average molecular weight is 246 g/mol. The fourth-order valence-corrected chi connectivity index (χ4v) is 3.17. The van der Waals surface area contributed by atoms with E-state index in [0.29, 0.717) is 12.1 Å². The van der Waals surface area contributed by atoms with Crippen LogP contribution in [0.25, 0.3) is 0 Å². The molecule has 0 spiro atoms. The molecule has 1 aromatic carbocycles. The van der Waals surface area contributed by atoms with Crippen LogP contribution in [0.2, 0.25) is 0 Å². The number of aromatic hydroxyl groups is 1. The maximum Gasteiger partial charge on any atom is 0.231 e. The first-order valence-corrected chi connectivity index (χ1v) is 6.48. The topological polar surface area (TPSA) is 52.6 Å². The van der Waals surface area contributed by atoms with E-state index in [1.807, 2.05) is 6.07 Å². The second-order valence-corrected chi connectivity index (χ2v) is 5.31. The van der Waals surface area contributed by atoms with Crippen LogP contribution in [0, 0.1) is 5.92 Å². The van der Waals surface area contributed by atoms with E-state index in [1.54, 1.807) is 30.1 Å². The zero-order valence-corrected chi connectivity index (χ0v) is 10.5. The SMILES string of the molecule is CN(C(=O)C1CC2CCC1N2)c1cccc(O)c1. The van der Waals surface area contributed by atoms with Gasteiger partial charge in [-0.15, -0.1) is 0 Å². The zero-order chi connectivity index (χ0) is 12.7. The number of rotatable bonds is 2. The normalized spacial score (nSPS) is 29.5. The number of hydrogen-bond donors (Lipinski definition) is 2. The van der Waals surface area contributed by atoms with E-state index in [9.17, 15) is 9.90 Å². The molecule has 3 atom stereocenters. The van der Waals surface area contributed by atoms with Gasteiger partial charge < -0.3 is 15.3 Å². The van der Waals surface area contributed by atoms with Gasteiger partial charge in [0, 0.05) is 30.9 Å². The maximum absolute atomic E-state index is 12.5. The Morgan fingerprint density at radius 2 is 2.28 bits per heavy atom. The number of amides is 1. The van der Waals surface area contributed by atoms with Crippen LogP contribution in [0.15, 0.2) is 24.3 Å². The van der Waals surface area contributed by atoms with Gasteiger partial charge in [0.05, 0.1) is 5.92 Å². The fraction of sp³-hybridized carbons (Fsp3) is 0.500. The van der Waals surface area contributed by atoms with Crippen molar-refractivity contribution < 1.29 is 9.90 Å². The Balaban J connectivity index is 1.76. The minimum absolute atomic E-state index is 0.0936. The number of hydrogen-bond acceptors (Lipinski definition) is 3. The predicted molar refractivity (Wildman–Crippen MR) is 69.6 cm³/mol. The lowest BCUT2D eigenvalue weighted by molar-refractivity contribution is -0.122. The minimum atomic E-state index is 0.0936. The predicted octanol–water partition coefficient (Wildman–Crippen LogP) is 1.50. The first-order chi connectivity index (χ1) is 8.65. The number of benzene rings is 1. The molecular weight excluding hydrogens is 228 g/mol. The van der Waals surface area contributed by atoms with Gasteiger partial charge in [-0.2, -0.15) is 0 Å². The fourth-order valence-electron chi connectivity index (χ4n) is 3.17. The monoisotopic (exact) mass is 246 g/mol. The molecule has 3 rings (SSSR count). The van der Waals surface area contributed by atoms with Crippen molar-refractivity contribution >= 4 is 11.6 Å². The highest BCUT2D eigenvalue weighted by Crippen LogP contribution is 2.35. The van der Waals surface area contributed by atoms with Gasteiger partial charge in [0.1, 0.15) is 5.75 Å². The molecule has 0 radical (unpaired) electrons. The van der Waals surface area contributed by atoms with Crippen LogP contribution in [0.3, 0.4) is 0 Å². The molecule has 3 unspecified atom stereocenters. The summed E-state index contributed by atoms with van der Waals surface area (Å²) in [6.45, 7) is 0. The second kappa shape index (κ2) is 4.28. The third-order valence-corrected chi connectivity index (χ3v) is 4.16. The Morgan fingerprint density at radius 1 is 1.44 bits per heavy atom. The van der Waals surface area contributed by atoms with Crippen LogP contribution in [0.4, 0.5) is 5.69 Å². The van der Waals surface area contributed by atoms with Crippen molar-refractivity contribution in [1.29, 1.82) is 0 Å². The van der Waals surface area contributed by atoms with Crippen molar-refractivity contribution in [2.24, 2.45) is 5.92 Å². The van der Waals surface area contributed by atoms with Gasteiger partial charge in [-0.25, -0.2) is 0 Å². The number of nitrogens with one attached hydrogen (secondary N) is 1. The van der Waals surface area contributed by atoms with Gasteiger partial charge in [0.15, 0.2) is 0 Å². The number of carbonyl (C=O) groups excluding carboxylic acids is 1. The Morgan fingerprint density at radius 3 is 2.89 bits per heavy atom. The van der Waals surface area contributed by atoms with E-state index in [4.69, 9.17) is 0 Å². The lowest BCUT2D eigenvalue weighted by Gasteiger charge is -2.25. The summed E-state index contributed by atoms with van der Waals surface area (Å²) in [6, 6.07) is 7.72. The largest absolute Gasteiger partial charge is 0.508 e. The number of carbonyl (C=O) groups is 1. The van der Waals surface area contributed by atoms with Crippen molar-refractivity contribution in [3.8, 4) is 5.75 Å². The van der Waals surface area contributed by atoms with Crippen LogP contribution in [0.1, 0.15) is 19.3 Å². The van der Waals surface area contributed by atoms with Gasteiger partial charge >= 0.3 is 0 Å². The summed E-state index contributed by atoms with van der Waals surface area (Å²) in [5, 5.41) is 12.9. The Bertz CT molecular complexity index is 475. The van der Waals surface area contributed by atoms with Crippen LogP contribution in [0.5, 0.6) is 5.75 Å². The second-order valence-electron chi connectivity index (χ2n) is 5.31. The molecule has 4 heteroatoms. The van der Waals surface area contributed by atoms with Crippen molar-refractivity contribution in [1.82, 2.24) is 5.32 Å². The molecule has 2 N–H and O–H groups in total. The molecule has 1 aromatic rings. The summed E-state index contributed by atoms with van der Waals surface area (Å²) < 4.78 is 0. The summed E-state index contributed by atoms with van der Waals surface area (Å²) in [5.74, 6) is 0.439. The summed E-state index contributed by atoms with van der Waals surface area (Å²) in [6.07, 6.45) is 3.26. The lowest BCUT2D eigenvalue weighted by Crippen LogP contribution is -2.38. The van der Waals surface area contributed by atoms with Gasteiger partial charge in [0.25, 0.3) is 0 Å². The van der Waals surface area contributed by atoms with Crippen LogP contribution in [-0.4, -0.2) is 30.1 Å². The molecule has 0 saturated carbocycles. The Hall–Kier alpha value is -1.55. The average Bonchev–Trinajstić information content (AvgIpc) is 2.99. The standard InChI is InChI=1S/C14H18N2O2/c1-16(10-3-2-4-11(17)8-10)14(18)12-7-9-5-6-13(12)15-9/h2-4,8-9,12-13,15,17H,5-7H2,1H3. The number of phenolic OH excluding ortho intramolecular Hbond substituents is 1. The molecule has 2 aliphatic rings. The van der Waals surface area contributed by atoms with E-state index < -0.39 is 0 Å². The summed E-state index contributed by atoms with van der Waals surface area (Å²) in [5.41, 5.74) is 0.753. The van der Waals surface area contributed by atoms with Crippen molar-refractivity contribution in [3.63, 3.8) is 0 Å². The van der Waals surface area contributed by atoms with E-state index in [2.05, 4.69) is 5.32 Å². The molecule has 1 amide bonds. The molecule has 2 aliphatic heterocycles. The molecular formula is C14H18N2O2. The molecule has 96 valence electrons. The summed E-state index contributed by atoms with van der Waals surface area (Å²) in [7, 11) is 1.78. The Kier molecular flexibility index (Phi) is 2.74. The number of fused-ring (bicyclic) bond motifs is 2.